The molecule has 1 aliphatic rings. The molecule has 0 heterocycles. The average molecular weight is 415 g/mol. The van der Waals surface area contributed by atoms with Gasteiger partial charge in [-0.3, -0.25) is 0 Å². The van der Waals surface area contributed by atoms with Crippen molar-refractivity contribution in [3.8, 4) is 0 Å². The van der Waals surface area contributed by atoms with Gasteiger partial charge in [0.25, 0.3) is 0 Å². The van der Waals surface area contributed by atoms with Crippen LogP contribution in [0.1, 0.15) is 36.8 Å². The van der Waals surface area contributed by atoms with Crippen molar-refractivity contribution < 1.29 is 9.59 Å². The van der Waals surface area contributed by atoms with Crippen LogP contribution in [-0.2, 0) is 6.54 Å². The normalized spacial score (nSPS) is 18.6. The molecule has 29 heavy (non-hydrogen) atoms. The molecule has 2 aromatic rings. The van der Waals surface area contributed by atoms with E-state index in [2.05, 4.69) is 21.3 Å². The molecule has 1 fully saturated rings. The van der Waals surface area contributed by atoms with Gasteiger partial charge >= 0.3 is 12.1 Å². The van der Waals surface area contributed by atoms with Crippen LogP contribution in [0.15, 0.2) is 48.5 Å². The molecule has 0 saturated heterocycles. The molecule has 154 valence electrons. The van der Waals surface area contributed by atoms with Gasteiger partial charge in [-0.1, -0.05) is 60.3 Å². The maximum absolute atomic E-state index is 12.4. The van der Waals surface area contributed by atoms with Gasteiger partial charge in [0.1, 0.15) is 0 Å². The number of anilines is 1. The van der Waals surface area contributed by atoms with Crippen LogP contribution in [0.3, 0.4) is 0 Å². The van der Waals surface area contributed by atoms with E-state index in [1.165, 1.54) is 0 Å². The van der Waals surface area contributed by atoms with Crippen molar-refractivity contribution in [2.24, 2.45) is 0 Å². The van der Waals surface area contributed by atoms with Crippen LogP contribution in [0.25, 0.3) is 0 Å². The van der Waals surface area contributed by atoms with Gasteiger partial charge in [0, 0.05) is 17.3 Å². The lowest BCUT2D eigenvalue weighted by Gasteiger charge is -2.32. The summed E-state index contributed by atoms with van der Waals surface area (Å²) in [6.07, 6.45) is 3.70. The summed E-state index contributed by atoms with van der Waals surface area (Å²) in [5.41, 5.74) is 2.74. The van der Waals surface area contributed by atoms with Crippen LogP contribution in [0.4, 0.5) is 15.3 Å². The highest BCUT2D eigenvalue weighted by atomic mass is 35.5. The predicted octanol–water partition coefficient (Wildman–Crippen LogP) is 4.58. The third kappa shape index (κ3) is 6.39. The largest absolute Gasteiger partial charge is 0.334 e. The monoisotopic (exact) mass is 414 g/mol. The first-order valence-electron chi connectivity index (χ1n) is 9.93. The molecule has 1 aliphatic carbocycles. The van der Waals surface area contributed by atoms with Gasteiger partial charge in [0.15, 0.2) is 0 Å². The molecule has 7 heteroatoms. The highest BCUT2D eigenvalue weighted by Gasteiger charge is 2.27. The Kier molecular flexibility index (Phi) is 7.36. The molecule has 2 unspecified atom stereocenters. The zero-order valence-electron chi connectivity index (χ0n) is 16.5. The minimum atomic E-state index is -0.262. The van der Waals surface area contributed by atoms with Crippen LogP contribution < -0.4 is 21.3 Å². The number of carbonyl (C=O) groups excluding carboxylic acids is 2. The molecular weight excluding hydrogens is 388 g/mol. The Bertz CT molecular complexity index is 841. The fourth-order valence-corrected chi connectivity index (χ4v) is 3.69. The third-order valence-corrected chi connectivity index (χ3v) is 5.47. The second-order valence-electron chi connectivity index (χ2n) is 7.38. The number of carbonyl (C=O) groups is 2. The van der Waals surface area contributed by atoms with Crippen molar-refractivity contribution in [1.29, 1.82) is 0 Å². The Balaban J connectivity index is 1.50. The minimum Gasteiger partial charge on any atom is -0.334 e. The van der Waals surface area contributed by atoms with E-state index in [1.54, 1.807) is 6.07 Å². The van der Waals surface area contributed by atoms with E-state index in [9.17, 15) is 9.59 Å². The second kappa shape index (κ2) is 10.2. The first-order chi connectivity index (χ1) is 14.0. The number of benzene rings is 2. The maximum atomic E-state index is 12.4. The van der Waals surface area contributed by atoms with Crippen molar-refractivity contribution in [2.75, 3.05) is 5.32 Å². The molecule has 0 radical (unpaired) electrons. The zero-order chi connectivity index (χ0) is 20.6. The van der Waals surface area contributed by atoms with Crippen molar-refractivity contribution in [3.05, 3.63) is 64.7 Å². The Labute approximate surface area is 176 Å². The van der Waals surface area contributed by atoms with Gasteiger partial charge in [0.2, 0.25) is 0 Å². The minimum absolute atomic E-state index is 0.111. The van der Waals surface area contributed by atoms with Gasteiger partial charge < -0.3 is 21.3 Å². The van der Waals surface area contributed by atoms with Crippen molar-refractivity contribution in [3.63, 3.8) is 0 Å². The van der Waals surface area contributed by atoms with Gasteiger partial charge in [-0.2, -0.15) is 0 Å². The Hall–Kier alpha value is -2.73. The first-order valence-corrected chi connectivity index (χ1v) is 10.3. The highest BCUT2D eigenvalue weighted by molar-refractivity contribution is 6.31. The lowest BCUT2D eigenvalue weighted by atomic mass is 9.90. The number of rotatable bonds is 5. The van der Waals surface area contributed by atoms with Gasteiger partial charge in [-0.25, -0.2) is 9.59 Å². The highest BCUT2D eigenvalue weighted by Crippen LogP contribution is 2.19. The molecule has 0 aliphatic heterocycles. The van der Waals surface area contributed by atoms with Crippen LogP contribution in [0.5, 0.6) is 0 Å². The second-order valence-corrected chi connectivity index (χ2v) is 7.79. The Morgan fingerprint density at radius 2 is 1.55 bits per heavy atom. The van der Waals surface area contributed by atoms with Crippen LogP contribution in [0.2, 0.25) is 5.02 Å². The number of amides is 4. The molecule has 0 bridgehead atoms. The third-order valence-electron chi connectivity index (χ3n) is 5.11. The van der Waals surface area contributed by atoms with Gasteiger partial charge in [-0.15, -0.1) is 0 Å². The van der Waals surface area contributed by atoms with E-state index in [0.29, 0.717) is 11.6 Å². The summed E-state index contributed by atoms with van der Waals surface area (Å²) in [6.45, 7) is 2.35. The Morgan fingerprint density at radius 3 is 2.21 bits per heavy atom. The van der Waals surface area contributed by atoms with Gasteiger partial charge in [-0.05, 0) is 43.5 Å². The van der Waals surface area contributed by atoms with E-state index >= 15 is 0 Å². The van der Waals surface area contributed by atoms with Gasteiger partial charge in [0.05, 0.1) is 12.1 Å². The summed E-state index contributed by atoms with van der Waals surface area (Å²) in [6, 6.07) is 14.3. The summed E-state index contributed by atoms with van der Waals surface area (Å²) >= 11 is 6.13. The molecule has 2 aromatic carbocycles. The number of urea groups is 2. The standard InChI is InChI=1S/C22H27ClN4O2/c1-15-10-12-17(13-11-15)25-22(29)27-20-9-5-4-8-19(20)26-21(28)24-14-16-6-2-3-7-18(16)23/h2-3,6-7,10-13,19-20H,4-5,8-9,14H2,1H3,(H2,24,26,28)(H2,25,27,29). The van der Waals surface area contributed by atoms with Crippen molar-refractivity contribution >= 4 is 29.4 Å². The fraction of sp³-hybridized carbons (Fsp3) is 0.364. The fourth-order valence-electron chi connectivity index (χ4n) is 3.49. The molecule has 4 N–H and O–H groups in total. The van der Waals surface area contributed by atoms with Crippen molar-refractivity contribution in [1.82, 2.24) is 16.0 Å². The summed E-state index contributed by atoms with van der Waals surface area (Å²) in [5.74, 6) is 0. The van der Waals surface area contributed by atoms with E-state index in [1.807, 2.05) is 49.4 Å². The van der Waals surface area contributed by atoms with E-state index in [4.69, 9.17) is 11.6 Å². The van der Waals surface area contributed by atoms with E-state index in [0.717, 1.165) is 42.5 Å². The quantitative estimate of drug-likeness (QED) is 0.577. The zero-order valence-corrected chi connectivity index (χ0v) is 17.3. The molecule has 4 amide bonds. The van der Waals surface area contributed by atoms with Crippen molar-refractivity contribution in [2.45, 2.75) is 51.2 Å². The number of aryl methyl sites for hydroxylation is 1. The predicted molar refractivity (Wildman–Crippen MR) is 116 cm³/mol. The summed E-state index contributed by atoms with van der Waals surface area (Å²) in [7, 11) is 0. The summed E-state index contributed by atoms with van der Waals surface area (Å²) < 4.78 is 0. The molecule has 1 saturated carbocycles. The maximum Gasteiger partial charge on any atom is 0.319 e. The topological polar surface area (TPSA) is 82.3 Å². The molecule has 6 nitrogen and oxygen atoms in total. The molecule has 0 spiro atoms. The van der Waals surface area contributed by atoms with E-state index in [-0.39, 0.29) is 24.1 Å². The molecular formula is C22H27ClN4O2. The Morgan fingerprint density at radius 1 is 0.931 bits per heavy atom. The first kappa shape index (κ1) is 21.0. The van der Waals surface area contributed by atoms with Crippen LogP contribution >= 0.6 is 11.6 Å². The number of hydrogen-bond acceptors (Lipinski definition) is 2. The van der Waals surface area contributed by atoms with Crippen LogP contribution in [-0.4, -0.2) is 24.1 Å². The molecule has 0 aromatic heterocycles. The SMILES string of the molecule is Cc1ccc(NC(=O)NC2CCCCC2NC(=O)NCc2ccccc2Cl)cc1. The molecule has 3 rings (SSSR count). The number of nitrogens with one attached hydrogen (secondary N) is 4. The number of hydrogen-bond donors (Lipinski definition) is 4. The lowest BCUT2D eigenvalue weighted by Crippen LogP contribution is -2.55. The van der Waals surface area contributed by atoms with Crippen LogP contribution in [0, 0.1) is 6.92 Å². The smallest absolute Gasteiger partial charge is 0.319 e. The summed E-state index contributed by atoms with van der Waals surface area (Å²) in [5, 5.41) is 12.3. The lowest BCUT2D eigenvalue weighted by molar-refractivity contribution is 0.218. The number of halogens is 1. The average Bonchev–Trinajstić information content (AvgIpc) is 2.70. The van der Waals surface area contributed by atoms with E-state index < -0.39 is 0 Å². The molecule has 2 atom stereocenters. The summed E-state index contributed by atoms with van der Waals surface area (Å²) in [4.78, 5) is 24.7.